The van der Waals surface area contributed by atoms with Gasteiger partial charge in [0, 0.05) is 24.8 Å². The molecule has 1 aromatic heterocycles. The molecular formula is C18H19N5OS. The number of nitriles is 1. The van der Waals surface area contributed by atoms with Crippen LogP contribution in [0.15, 0.2) is 41.7 Å². The van der Waals surface area contributed by atoms with Gasteiger partial charge in [0.2, 0.25) is 5.91 Å². The van der Waals surface area contributed by atoms with Crippen molar-refractivity contribution in [2.75, 3.05) is 29.1 Å². The van der Waals surface area contributed by atoms with E-state index in [-0.39, 0.29) is 11.7 Å². The fourth-order valence-corrected chi connectivity index (χ4v) is 3.37. The Hall–Kier alpha value is -2.59. The lowest BCUT2D eigenvalue weighted by atomic mass is 10.1. The minimum Gasteiger partial charge on any atom is -0.356 e. The zero-order chi connectivity index (χ0) is 17.5. The molecule has 6 nitrogen and oxygen atoms in total. The molecule has 0 spiro atoms. The number of aromatic nitrogens is 2. The van der Waals surface area contributed by atoms with Crippen molar-refractivity contribution >= 4 is 29.2 Å². The van der Waals surface area contributed by atoms with Gasteiger partial charge in [0.25, 0.3) is 0 Å². The quantitative estimate of drug-likeness (QED) is 0.657. The molecule has 2 aromatic rings. The van der Waals surface area contributed by atoms with Crippen LogP contribution in [0.1, 0.15) is 24.8 Å². The maximum absolute atomic E-state index is 12.1. The minimum atomic E-state index is -0.127. The Labute approximate surface area is 151 Å². The van der Waals surface area contributed by atoms with E-state index in [1.165, 1.54) is 31.0 Å². The Bertz CT molecular complexity index is 783. The summed E-state index contributed by atoms with van der Waals surface area (Å²) in [6.45, 7) is 2.05. The van der Waals surface area contributed by atoms with Crippen LogP contribution in [0.3, 0.4) is 0 Å². The minimum absolute atomic E-state index is 0.127. The van der Waals surface area contributed by atoms with Gasteiger partial charge in [0.1, 0.15) is 17.2 Å². The molecule has 3 rings (SSSR count). The molecule has 0 radical (unpaired) electrons. The van der Waals surface area contributed by atoms with Gasteiger partial charge >= 0.3 is 0 Å². The maximum atomic E-state index is 12.1. The number of carbonyl (C=O) groups is 1. The monoisotopic (exact) mass is 353 g/mol. The van der Waals surface area contributed by atoms with Crippen molar-refractivity contribution in [2.45, 2.75) is 24.3 Å². The van der Waals surface area contributed by atoms with Gasteiger partial charge in [0.15, 0.2) is 0 Å². The molecule has 0 aliphatic carbocycles. The molecule has 1 fully saturated rings. The number of anilines is 2. The molecule has 0 unspecified atom stereocenters. The highest BCUT2D eigenvalue weighted by atomic mass is 32.2. The molecule has 0 saturated carbocycles. The topological polar surface area (TPSA) is 81.9 Å². The molecule has 1 saturated heterocycles. The van der Waals surface area contributed by atoms with Crippen molar-refractivity contribution in [2.24, 2.45) is 0 Å². The maximum Gasteiger partial charge on any atom is 0.234 e. The van der Waals surface area contributed by atoms with E-state index in [1.54, 1.807) is 30.6 Å². The summed E-state index contributed by atoms with van der Waals surface area (Å²) in [5.74, 6) is 1.06. The molecule has 1 N–H and O–H groups in total. The second-order valence-corrected chi connectivity index (χ2v) is 6.79. The molecule has 1 amide bonds. The van der Waals surface area contributed by atoms with Gasteiger partial charge in [-0.2, -0.15) is 5.26 Å². The van der Waals surface area contributed by atoms with Crippen molar-refractivity contribution < 1.29 is 4.79 Å². The Morgan fingerprint density at radius 2 is 2.08 bits per heavy atom. The van der Waals surface area contributed by atoms with Crippen LogP contribution in [0, 0.1) is 11.3 Å². The number of thioether (sulfide) groups is 1. The fraction of sp³-hybridized carbons (Fsp3) is 0.333. The smallest absolute Gasteiger partial charge is 0.234 e. The predicted molar refractivity (Wildman–Crippen MR) is 98.6 cm³/mol. The number of rotatable bonds is 5. The van der Waals surface area contributed by atoms with Crippen LogP contribution < -0.4 is 10.2 Å². The largest absolute Gasteiger partial charge is 0.356 e. The normalized spacial score (nSPS) is 14.0. The van der Waals surface area contributed by atoms with Crippen LogP contribution in [0.5, 0.6) is 0 Å². The lowest BCUT2D eigenvalue weighted by Gasteiger charge is -2.27. The summed E-state index contributed by atoms with van der Waals surface area (Å²) < 4.78 is 0. The lowest BCUT2D eigenvalue weighted by molar-refractivity contribution is -0.113. The highest BCUT2D eigenvalue weighted by Crippen LogP contribution is 2.22. The van der Waals surface area contributed by atoms with Crippen LogP contribution in [0.2, 0.25) is 0 Å². The van der Waals surface area contributed by atoms with Crippen molar-refractivity contribution in [1.29, 1.82) is 5.26 Å². The van der Waals surface area contributed by atoms with Crippen LogP contribution in [0.25, 0.3) is 0 Å². The number of benzene rings is 1. The van der Waals surface area contributed by atoms with E-state index in [0.717, 1.165) is 23.9 Å². The second-order valence-electron chi connectivity index (χ2n) is 5.79. The first kappa shape index (κ1) is 17.2. The lowest BCUT2D eigenvalue weighted by Crippen LogP contribution is -2.30. The van der Waals surface area contributed by atoms with E-state index < -0.39 is 0 Å². The molecule has 0 atom stereocenters. The zero-order valence-electron chi connectivity index (χ0n) is 13.8. The first-order valence-electron chi connectivity index (χ1n) is 8.24. The highest BCUT2D eigenvalue weighted by molar-refractivity contribution is 7.99. The van der Waals surface area contributed by atoms with Crippen LogP contribution in [0.4, 0.5) is 11.5 Å². The number of carbonyl (C=O) groups excluding carboxylic acids is 1. The average Bonchev–Trinajstić information content (AvgIpc) is 2.67. The number of nitrogens with one attached hydrogen (secondary N) is 1. The van der Waals surface area contributed by atoms with E-state index in [0.29, 0.717) is 11.3 Å². The van der Waals surface area contributed by atoms with Gasteiger partial charge in [-0.05, 0) is 37.5 Å². The molecular weight excluding hydrogens is 334 g/mol. The number of hydrogen-bond acceptors (Lipinski definition) is 6. The predicted octanol–water partition coefficient (Wildman–Crippen LogP) is 3.07. The molecule has 0 bridgehead atoms. The zero-order valence-corrected chi connectivity index (χ0v) is 14.6. The van der Waals surface area contributed by atoms with E-state index in [9.17, 15) is 4.79 Å². The van der Waals surface area contributed by atoms with E-state index >= 15 is 0 Å². The molecule has 1 aromatic carbocycles. The average molecular weight is 353 g/mol. The number of piperidine rings is 1. The molecule has 128 valence electrons. The Kier molecular flexibility index (Phi) is 5.86. The summed E-state index contributed by atoms with van der Waals surface area (Å²) in [7, 11) is 0. The number of nitrogens with zero attached hydrogens (tertiary/aromatic N) is 4. The van der Waals surface area contributed by atoms with Gasteiger partial charge in [-0.3, -0.25) is 4.79 Å². The number of amides is 1. The summed E-state index contributed by atoms with van der Waals surface area (Å²) in [5, 5.41) is 12.5. The molecule has 1 aliphatic heterocycles. The van der Waals surface area contributed by atoms with Gasteiger partial charge in [-0.15, -0.1) is 0 Å². The SMILES string of the molecule is N#Cc1cccc(NC(=O)CSc2cc(N3CCCCC3)ncn2)c1. The van der Waals surface area contributed by atoms with Gasteiger partial charge < -0.3 is 10.2 Å². The Balaban J connectivity index is 1.55. The Morgan fingerprint density at radius 1 is 1.24 bits per heavy atom. The standard InChI is InChI=1S/C18H19N5OS/c19-11-14-5-4-6-15(9-14)22-17(24)12-25-18-10-16(20-13-21-18)23-7-2-1-3-8-23/h4-6,9-10,13H,1-3,7-8,12H2,(H,22,24). The van der Waals surface area contributed by atoms with E-state index in [4.69, 9.17) is 5.26 Å². The molecule has 25 heavy (non-hydrogen) atoms. The summed E-state index contributed by atoms with van der Waals surface area (Å²) in [6.07, 6.45) is 5.21. The summed E-state index contributed by atoms with van der Waals surface area (Å²) in [5.41, 5.74) is 1.15. The third-order valence-electron chi connectivity index (χ3n) is 3.93. The Morgan fingerprint density at radius 3 is 2.88 bits per heavy atom. The van der Waals surface area contributed by atoms with Crippen molar-refractivity contribution in [1.82, 2.24) is 9.97 Å². The van der Waals surface area contributed by atoms with E-state index in [2.05, 4.69) is 26.3 Å². The third kappa shape index (κ3) is 4.94. The van der Waals surface area contributed by atoms with Crippen molar-refractivity contribution in [3.8, 4) is 6.07 Å². The molecule has 1 aliphatic rings. The van der Waals surface area contributed by atoms with Gasteiger partial charge in [-0.1, -0.05) is 17.8 Å². The first-order valence-corrected chi connectivity index (χ1v) is 9.23. The highest BCUT2D eigenvalue weighted by Gasteiger charge is 2.13. The fourth-order valence-electron chi connectivity index (χ4n) is 2.71. The first-order chi connectivity index (χ1) is 12.2. The van der Waals surface area contributed by atoms with Crippen LogP contribution in [-0.2, 0) is 4.79 Å². The van der Waals surface area contributed by atoms with Gasteiger partial charge in [0.05, 0.1) is 17.4 Å². The van der Waals surface area contributed by atoms with Crippen LogP contribution >= 0.6 is 11.8 Å². The second kappa shape index (κ2) is 8.49. The molecule has 7 heteroatoms. The van der Waals surface area contributed by atoms with Crippen molar-refractivity contribution in [3.05, 3.63) is 42.2 Å². The van der Waals surface area contributed by atoms with Crippen LogP contribution in [-0.4, -0.2) is 34.7 Å². The third-order valence-corrected chi connectivity index (χ3v) is 4.86. The summed E-state index contributed by atoms with van der Waals surface area (Å²) in [4.78, 5) is 23.0. The summed E-state index contributed by atoms with van der Waals surface area (Å²) >= 11 is 1.38. The molecule has 2 heterocycles. The summed E-state index contributed by atoms with van der Waals surface area (Å²) in [6, 6.07) is 10.9. The van der Waals surface area contributed by atoms with Gasteiger partial charge in [-0.25, -0.2) is 9.97 Å². The number of hydrogen-bond donors (Lipinski definition) is 1. The van der Waals surface area contributed by atoms with E-state index in [1.807, 2.05) is 6.07 Å². The van der Waals surface area contributed by atoms with Crippen molar-refractivity contribution in [3.63, 3.8) is 0 Å².